The van der Waals surface area contributed by atoms with Crippen molar-refractivity contribution in [1.82, 2.24) is 5.32 Å². The number of hydrogen-bond acceptors (Lipinski definition) is 2. The van der Waals surface area contributed by atoms with Gasteiger partial charge in [-0.25, -0.2) is 4.39 Å². The van der Waals surface area contributed by atoms with Gasteiger partial charge < -0.3 is 10.1 Å². The van der Waals surface area contributed by atoms with Crippen LogP contribution in [0.2, 0.25) is 5.02 Å². The predicted octanol–water partition coefficient (Wildman–Crippen LogP) is 3.29. The molecule has 0 aromatic heterocycles. The Labute approximate surface area is 121 Å². The summed E-state index contributed by atoms with van der Waals surface area (Å²) in [5.74, 6) is 0.0581. The smallest absolute Gasteiger partial charge is 0.251 e. The summed E-state index contributed by atoms with van der Waals surface area (Å²) in [7, 11) is 0. The minimum absolute atomic E-state index is 0.260. The first kappa shape index (κ1) is 14.3. The highest BCUT2D eigenvalue weighted by Crippen LogP contribution is 2.15. The summed E-state index contributed by atoms with van der Waals surface area (Å²) >= 11 is 5.75. The van der Waals surface area contributed by atoms with Crippen LogP contribution in [0.1, 0.15) is 10.4 Å². The second-order valence-corrected chi connectivity index (χ2v) is 4.50. The first-order valence-electron chi connectivity index (χ1n) is 6.07. The molecule has 0 aliphatic carbocycles. The largest absolute Gasteiger partial charge is 0.492 e. The highest BCUT2D eigenvalue weighted by atomic mass is 35.5. The zero-order valence-electron chi connectivity index (χ0n) is 10.6. The maximum atomic E-state index is 12.7. The second kappa shape index (κ2) is 6.91. The van der Waals surface area contributed by atoms with Gasteiger partial charge in [-0.15, -0.1) is 0 Å². The fourth-order valence-corrected chi connectivity index (χ4v) is 1.69. The average molecular weight is 294 g/mol. The summed E-state index contributed by atoms with van der Waals surface area (Å²) in [6, 6.07) is 12.3. The highest BCUT2D eigenvalue weighted by Gasteiger charge is 2.04. The van der Waals surface area contributed by atoms with E-state index in [1.807, 2.05) is 0 Å². The molecule has 1 amide bonds. The number of carbonyl (C=O) groups is 1. The van der Waals surface area contributed by atoms with Crippen LogP contribution >= 0.6 is 11.6 Å². The summed E-state index contributed by atoms with van der Waals surface area (Å²) in [6.07, 6.45) is 0. The van der Waals surface area contributed by atoms with E-state index in [4.69, 9.17) is 16.3 Å². The molecule has 2 aromatic carbocycles. The highest BCUT2D eigenvalue weighted by molar-refractivity contribution is 6.30. The van der Waals surface area contributed by atoms with E-state index >= 15 is 0 Å². The van der Waals surface area contributed by atoms with Gasteiger partial charge >= 0.3 is 0 Å². The molecule has 0 fully saturated rings. The SMILES string of the molecule is O=C(NCCOc1ccc(Cl)cc1)c1ccc(F)cc1. The number of ether oxygens (including phenoxy) is 1. The monoisotopic (exact) mass is 293 g/mol. The minimum Gasteiger partial charge on any atom is -0.492 e. The normalized spacial score (nSPS) is 10.1. The Morgan fingerprint density at radius 3 is 2.40 bits per heavy atom. The summed E-state index contributed by atoms with van der Waals surface area (Å²) < 4.78 is 18.1. The third-order valence-corrected chi connectivity index (χ3v) is 2.83. The van der Waals surface area contributed by atoms with E-state index in [1.54, 1.807) is 24.3 Å². The van der Waals surface area contributed by atoms with Crippen molar-refractivity contribution in [2.45, 2.75) is 0 Å². The zero-order valence-corrected chi connectivity index (χ0v) is 11.4. The Balaban J connectivity index is 1.74. The third-order valence-electron chi connectivity index (χ3n) is 2.58. The van der Waals surface area contributed by atoms with Crippen LogP contribution < -0.4 is 10.1 Å². The van der Waals surface area contributed by atoms with Crippen molar-refractivity contribution in [2.24, 2.45) is 0 Å². The lowest BCUT2D eigenvalue weighted by atomic mass is 10.2. The van der Waals surface area contributed by atoms with Gasteiger partial charge in [0.25, 0.3) is 5.91 Å². The van der Waals surface area contributed by atoms with Crippen LogP contribution in [0.5, 0.6) is 5.75 Å². The molecule has 1 N–H and O–H groups in total. The maximum absolute atomic E-state index is 12.7. The lowest BCUT2D eigenvalue weighted by Gasteiger charge is -2.08. The number of nitrogens with one attached hydrogen (secondary N) is 1. The minimum atomic E-state index is -0.368. The van der Waals surface area contributed by atoms with E-state index in [-0.39, 0.29) is 11.7 Å². The van der Waals surface area contributed by atoms with Crippen molar-refractivity contribution in [2.75, 3.05) is 13.2 Å². The van der Waals surface area contributed by atoms with Crippen molar-refractivity contribution in [3.63, 3.8) is 0 Å². The molecule has 20 heavy (non-hydrogen) atoms. The Hall–Kier alpha value is -2.07. The number of carbonyl (C=O) groups excluding carboxylic acids is 1. The molecule has 0 unspecified atom stereocenters. The Kier molecular flexibility index (Phi) is 4.96. The lowest BCUT2D eigenvalue weighted by molar-refractivity contribution is 0.0947. The zero-order chi connectivity index (χ0) is 14.4. The van der Waals surface area contributed by atoms with Crippen LogP contribution in [0.4, 0.5) is 4.39 Å². The second-order valence-electron chi connectivity index (χ2n) is 4.07. The number of benzene rings is 2. The molecule has 0 saturated carbocycles. The van der Waals surface area contributed by atoms with E-state index in [9.17, 15) is 9.18 Å². The first-order valence-corrected chi connectivity index (χ1v) is 6.45. The van der Waals surface area contributed by atoms with E-state index in [0.717, 1.165) is 0 Å². The molecule has 0 aliphatic heterocycles. The molecule has 0 saturated heterocycles. The van der Waals surface area contributed by atoms with E-state index < -0.39 is 0 Å². The molecule has 0 spiro atoms. The van der Waals surface area contributed by atoms with Gasteiger partial charge in [0, 0.05) is 10.6 Å². The molecule has 0 bridgehead atoms. The standard InChI is InChI=1S/C15H13ClFNO2/c16-12-3-7-14(8-4-12)20-10-9-18-15(19)11-1-5-13(17)6-2-11/h1-8H,9-10H2,(H,18,19). The number of hydrogen-bond donors (Lipinski definition) is 1. The summed E-state index contributed by atoms with van der Waals surface area (Å²) in [5, 5.41) is 3.33. The van der Waals surface area contributed by atoms with Crippen molar-refractivity contribution in [1.29, 1.82) is 0 Å². The van der Waals surface area contributed by atoms with Crippen LogP contribution in [0.3, 0.4) is 0 Å². The Morgan fingerprint density at radius 2 is 1.75 bits per heavy atom. The fourth-order valence-electron chi connectivity index (χ4n) is 1.57. The number of amides is 1. The van der Waals surface area contributed by atoms with Gasteiger partial charge in [-0.05, 0) is 48.5 Å². The van der Waals surface area contributed by atoms with E-state index in [1.165, 1.54) is 24.3 Å². The van der Waals surface area contributed by atoms with Crippen LogP contribution in [0, 0.1) is 5.82 Å². The fraction of sp³-hybridized carbons (Fsp3) is 0.133. The summed E-state index contributed by atoms with van der Waals surface area (Å²) in [4.78, 5) is 11.7. The van der Waals surface area contributed by atoms with Crippen LogP contribution in [0.15, 0.2) is 48.5 Å². The van der Waals surface area contributed by atoms with Gasteiger partial charge in [0.05, 0.1) is 6.54 Å². The van der Waals surface area contributed by atoms with Gasteiger partial charge in [0.1, 0.15) is 18.2 Å². The Morgan fingerprint density at radius 1 is 1.10 bits per heavy atom. The molecule has 0 heterocycles. The molecule has 0 radical (unpaired) electrons. The van der Waals surface area contributed by atoms with Crippen molar-refractivity contribution < 1.29 is 13.9 Å². The quantitative estimate of drug-likeness (QED) is 0.859. The molecule has 3 nitrogen and oxygen atoms in total. The van der Waals surface area contributed by atoms with Gasteiger partial charge in [-0.2, -0.15) is 0 Å². The molecule has 104 valence electrons. The molecule has 2 rings (SSSR count). The van der Waals surface area contributed by atoms with E-state index in [0.29, 0.717) is 29.5 Å². The summed E-state index contributed by atoms with van der Waals surface area (Å²) in [5.41, 5.74) is 0.415. The van der Waals surface area contributed by atoms with E-state index in [2.05, 4.69) is 5.32 Å². The van der Waals surface area contributed by atoms with Crippen molar-refractivity contribution >= 4 is 17.5 Å². The van der Waals surface area contributed by atoms with Gasteiger partial charge in [-0.3, -0.25) is 4.79 Å². The number of halogens is 2. The molecule has 2 aromatic rings. The molecular weight excluding hydrogens is 281 g/mol. The van der Waals surface area contributed by atoms with Crippen LogP contribution in [-0.2, 0) is 0 Å². The topological polar surface area (TPSA) is 38.3 Å². The predicted molar refractivity (Wildman–Crippen MR) is 75.7 cm³/mol. The van der Waals surface area contributed by atoms with Gasteiger partial charge in [0.2, 0.25) is 0 Å². The number of rotatable bonds is 5. The van der Waals surface area contributed by atoms with Crippen LogP contribution in [0.25, 0.3) is 0 Å². The van der Waals surface area contributed by atoms with Crippen molar-refractivity contribution in [3.05, 3.63) is 64.9 Å². The molecule has 0 atom stereocenters. The molecule has 0 aliphatic rings. The molecule has 5 heteroatoms. The average Bonchev–Trinajstić information content (AvgIpc) is 2.46. The van der Waals surface area contributed by atoms with Gasteiger partial charge in [-0.1, -0.05) is 11.6 Å². The van der Waals surface area contributed by atoms with Crippen LogP contribution in [-0.4, -0.2) is 19.1 Å². The summed E-state index contributed by atoms with van der Waals surface area (Å²) in [6.45, 7) is 0.702. The van der Waals surface area contributed by atoms with Gasteiger partial charge in [0.15, 0.2) is 0 Å². The first-order chi connectivity index (χ1) is 9.65. The third kappa shape index (κ3) is 4.24. The molecular formula is C15H13ClFNO2. The Bertz CT molecular complexity index is 569. The lowest BCUT2D eigenvalue weighted by Crippen LogP contribution is -2.28. The van der Waals surface area contributed by atoms with Crippen molar-refractivity contribution in [3.8, 4) is 5.75 Å². The maximum Gasteiger partial charge on any atom is 0.251 e.